The van der Waals surface area contributed by atoms with E-state index in [4.69, 9.17) is 0 Å². The molecule has 1 aliphatic heterocycles. The molecule has 0 atom stereocenters. The highest BCUT2D eigenvalue weighted by atomic mass is 16.2. The van der Waals surface area contributed by atoms with Crippen LogP contribution in [0.15, 0.2) is 85.3 Å². The number of amides is 2. The van der Waals surface area contributed by atoms with Crippen LogP contribution in [0.1, 0.15) is 26.4 Å². The Kier molecular flexibility index (Phi) is 6.88. The van der Waals surface area contributed by atoms with Crippen molar-refractivity contribution in [1.82, 2.24) is 34.8 Å². The lowest BCUT2D eigenvalue weighted by Crippen LogP contribution is -2.51. The number of benzene rings is 2. The van der Waals surface area contributed by atoms with Crippen molar-refractivity contribution in [1.29, 1.82) is 0 Å². The minimum atomic E-state index is -0.0860. The van der Waals surface area contributed by atoms with Crippen LogP contribution in [0.5, 0.6) is 0 Å². The lowest BCUT2D eigenvalue weighted by atomic mass is 10.0. The molecule has 3 aromatic heterocycles. The second-order valence-corrected chi connectivity index (χ2v) is 9.75. The molecule has 0 saturated carbocycles. The molecule has 40 heavy (non-hydrogen) atoms. The quantitative estimate of drug-likeness (QED) is 0.321. The molecule has 10 heteroatoms. The number of hydrogen-bond acceptors (Lipinski definition) is 6. The van der Waals surface area contributed by atoms with Crippen LogP contribution in [0.2, 0.25) is 0 Å². The van der Waals surface area contributed by atoms with Crippen molar-refractivity contribution in [3.8, 4) is 11.3 Å². The fourth-order valence-electron chi connectivity index (χ4n) is 4.90. The van der Waals surface area contributed by atoms with Crippen molar-refractivity contribution in [2.24, 2.45) is 0 Å². The molecule has 10 nitrogen and oxygen atoms in total. The molecule has 0 radical (unpaired) electrons. The summed E-state index contributed by atoms with van der Waals surface area (Å²) in [6, 6.07) is 20.2. The third kappa shape index (κ3) is 5.37. The smallest absolute Gasteiger partial charge is 0.253 e. The summed E-state index contributed by atoms with van der Waals surface area (Å²) in [6.07, 6.45) is 5.43. The summed E-state index contributed by atoms with van der Waals surface area (Å²) < 4.78 is 1.63. The van der Waals surface area contributed by atoms with E-state index in [1.165, 1.54) is 0 Å². The van der Waals surface area contributed by atoms with Crippen LogP contribution in [0.4, 0.5) is 0 Å². The van der Waals surface area contributed by atoms with Gasteiger partial charge in [-0.25, -0.2) is 4.98 Å². The van der Waals surface area contributed by atoms with Gasteiger partial charge >= 0.3 is 0 Å². The monoisotopic (exact) mass is 533 g/mol. The van der Waals surface area contributed by atoms with Crippen molar-refractivity contribution < 1.29 is 14.4 Å². The van der Waals surface area contributed by atoms with E-state index in [0.717, 1.165) is 22.0 Å². The van der Waals surface area contributed by atoms with Gasteiger partial charge in [0.25, 0.3) is 5.91 Å². The Morgan fingerprint density at radius 3 is 2.45 bits per heavy atom. The topological polar surface area (TPSA) is 117 Å². The third-order valence-electron chi connectivity index (χ3n) is 7.05. The first kappa shape index (κ1) is 25.2. The van der Waals surface area contributed by atoms with Crippen LogP contribution in [0, 0.1) is 0 Å². The zero-order valence-corrected chi connectivity index (χ0v) is 21.7. The lowest BCUT2D eigenvalue weighted by molar-refractivity contribution is -0.133. The Morgan fingerprint density at radius 2 is 1.68 bits per heavy atom. The first-order valence-electron chi connectivity index (χ1n) is 13.1. The van der Waals surface area contributed by atoms with Gasteiger partial charge in [0.05, 0.1) is 17.4 Å². The molecule has 2 amide bonds. The van der Waals surface area contributed by atoms with Gasteiger partial charge in [-0.2, -0.15) is 10.2 Å². The predicted octanol–water partition coefficient (Wildman–Crippen LogP) is 3.23. The molecule has 4 heterocycles. The summed E-state index contributed by atoms with van der Waals surface area (Å²) in [7, 11) is 0. The first-order valence-corrected chi connectivity index (χ1v) is 13.1. The van der Waals surface area contributed by atoms with Gasteiger partial charge in [-0.05, 0) is 42.0 Å². The Morgan fingerprint density at radius 1 is 0.875 bits per heavy atom. The van der Waals surface area contributed by atoms with Crippen LogP contribution in [-0.4, -0.2) is 78.5 Å². The highest BCUT2D eigenvalue weighted by Crippen LogP contribution is 2.19. The summed E-state index contributed by atoms with van der Waals surface area (Å²) in [5.41, 5.74) is 4.16. The molecule has 1 saturated heterocycles. The number of pyridine rings is 1. The van der Waals surface area contributed by atoms with Gasteiger partial charge in [-0.15, -0.1) is 0 Å². The zero-order chi connectivity index (χ0) is 27.5. The maximum atomic E-state index is 13.0. The summed E-state index contributed by atoms with van der Waals surface area (Å²) in [4.78, 5) is 46.7. The summed E-state index contributed by atoms with van der Waals surface area (Å²) in [6.45, 7) is 2.08. The second-order valence-electron chi connectivity index (χ2n) is 9.75. The van der Waals surface area contributed by atoms with Gasteiger partial charge in [-0.1, -0.05) is 30.3 Å². The molecule has 1 fully saturated rings. The van der Waals surface area contributed by atoms with Gasteiger partial charge in [0.1, 0.15) is 12.2 Å². The number of piperazine rings is 1. The van der Waals surface area contributed by atoms with E-state index in [1.807, 2.05) is 54.7 Å². The predicted molar refractivity (Wildman–Crippen MR) is 149 cm³/mol. The molecular formula is C30H27N7O3. The van der Waals surface area contributed by atoms with Crippen LogP contribution >= 0.6 is 0 Å². The third-order valence-corrected chi connectivity index (χ3v) is 7.05. The molecular weight excluding hydrogens is 506 g/mol. The van der Waals surface area contributed by atoms with Crippen LogP contribution in [-0.2, 0) is 17.8 Å². The molecule has 5 aromatic rings. The van der Waals surface area contributed by atoms with Gasteiger partial charge in [0.2, 0.25) is 5.91 Å². The number of aromatic amines is 1. The second kappa shape index (κ2) is 10.9. The molecule has 2 aromatic carbocycles. The van der Waals surface area contributed by atoms with Crippen LogP contribution in [0.25, 0.3) is 22.2 Å². The van der Waals surface area contributed by atoms with Gasteiger partial charge < -0.3 is 9.80 Å². The number of carbonyl (C=O) groups excluding carboxylic acids is 3. The number of aromatic nitrogens is 5. The Bertz CT molecular complexity index is 1670. The van der Waals surface area contributed by atoms with Crippen molar-refractivity contribution in [2.75, 3.05) is 26.2 Å². The largest absolute Gasteiger partial charge is 0.338 e. The summed E-state index contributed by atoms with van der Waals surface area (Å²) in [5, 5.41) is 12.1. The van der Waals surface area contributed by atoms with E-state index < -0.39 is 0 Å². The van der Waals surface area contributed by atoms with Crippen LogP contribution < -0.4 is 0 Å². The lowest BCUT2D eigenvalue weighted by Gasteiger charge is -2.34. The van der Waals surface area contributed by atoms with E-state index in [2.05, 4.69) is 20.3 Å². The highest BCUT2D eigenvalue weighted by Gasteiger charge is 2.25. The summed E-state index contributed by atoms with van der Waals surface area (Å²) in [5.74, 6) is -0.141. The minimum absolute atomic E-state index is 0.0123. The Labute approximate surface area is 230 Å². The SMILES string of the molecule is O=C(Cc1ccc2nn(CC(=O)N3CCN(C(=O)c4ccccc4)CC3)cc2c1)c1cccc(-c2cn[nH]c2)n1. The fourth-order valence-corrected chi connectivity index (χ4v) is 4.90. The maximum absolute atomic E-state index is 13.0. The standard InChI is InChI=1S/C30H27N7O3/c38-28(27-8-4-7-25(33-27)24-17-31-32-18-24)16-21-9-10-26-23(15-21)19-37(34-26)20-29(39)35-11-13-36(14-12-35)30(40)22-5-2-1-3-6-22/h1-10,15,17-19H,11-14,16,20H2,(H,31,32). The van der Waals surface area contributed by atoms with Gasteiger partial charge in [0.15, 0.2) is 5.78 Å². The average Bonchev–Trinajstić information content (AvgIpc) is 3.67. The van der Waals surface area contributed by atoms with Gasteiger partial charge in [0, 0.05) is 61.5 Å². The molecule has 200 valence electrons. The van der Waals surface area contributed by atoms with Crippen molar-refractivity contribution in [2.45, 2.75) is 13.0 Å². The molecule has 1 aliphatic rings. The number of carbonyl (C=O) groups is 3. The maximum Gasteiger partial charge on any atom is 0.253 e. The molecule has 6 rings (SSSR count). The first-order chi connectivity index (χ1) is 19.5. The Balaban J connectivity index is 1.07. The van der Waals surface area contributed by atoms with Crippen molar-refractivity contribution in [3.05, 3.63) is 102 Å². The number of H-pyrrole nitrogens is 1. The zero-order valence-electron chi connectivity index (χ0n) is 21.7. The fraction of sp³-hybridized carbons (Fsp3) is 0.200. The molecule has 0 spiro atoms. The highest BCUT2D eigenvalue weighted by molar-refractivity contribution is 5.97. The van der Waals surface area contributed by atoms with E-state index in [1.54, 1.807) is 45.1 Å². The molecule has 0 aliphatic carbocycles. The number of fused-ring (bicyclic) bond motifs is 1. The van der Waals surface area contributed by atoms with Crippen molar-refractivity contribution in [3.63, 3.8) is 0 Å². The number of ketones is 1. The van der Waals surface area contributed by atoms with E-state index in [0.29, 0.717) is 43.1 Å². The van der Waals surface area contributed by atoms with Crippen molar-refractivity contribution >= 4 is 28.5 Å². The van der Waals surface area contributed by atoms with Gasteiger partial charge in [-0.3, -0.25) is 24.2 Å². The summed E-state index contributed by atoms with van der Waals surface area (Å²) >= 11 is 0. The number of rotatable bonds is 7. The molecule has 0 unspecified atom stereocenters. The number of hydrogen-bond donors (Lipinski definition) is 1. The molecule has 0 bridgehead atoms. The van der Waals surface area contributed by atoms with E-state index >= 15 is 0 Å². The minimum Gasteiger partial charge on any atom is -0.338 e. The number of nitrogens with zero attached hydrogens (tertiary/aromatic N) is 6. The average molecular weight is 534 g/mol. The van der Waals surface area contributed by atoms with E-state index in [9.17, 15) is 14.4 Å². The number of nitrogens with one attached hydrogen (secondary N) is 1. The molecule has 1 N–H and O–H groups in total. The van der Waals surface area contributed by atoms with E-state index in [-0.39, 0.29) is 30.6 Å². The van der Waals surface area contributed by atoms with Crippen LogP contribution in [0.3, 0.4) is 0 Å². The normalized spacial score (nSPS) is 13.5. The Hall–Kier alpha value is -5.12. The number of Topliss-reactive ketones (excluding diaryl/α,β-unsaturated/α-hetero) is 1.